The van der Waals surface area contributed by atoms with Crippen LogP contribution in [-0.2, 0) is 36.8 Å². The minimum Gasteiger partial charge on any atom is -0.370 e. The first-order chi connectivity index (χ1) is 22.4. The maximum Gasteiger partial charge on any atom is 0.245 e. The van der Waals surface area contributed by atoms with Gasteiger partial charge in [-0.05, 0) is 48.6 Å². The molecule has 4 rings (SSSR count). The quantitative estimate of drug-likeness (QED) is 0.0381. The van der Waals surface area contributed by atoms with E-state index in [1.54, 1.807) is 6.20 Å². The molecule has 5 amide bonds. The van der Waals surface area contributed by atoms with Crippen molar-refractivity contribution in [2.24, 2.45) is 27.9 Å². The largest absolute Gasteiger partial charge is 0.370 e. The SMILES string of the molecule is NC(=O)[C@H](Cc1c[nH]c2ccccc12)NC(=O)CNC(=O)[C@H](CCCN=C(N)N)NC(=O)C1CN1C(=O)[C@@H](N)Cc1ccc(F)cc1. The molecule has 1 aliphatic heterocycles. The predicted octanol–water partition coefficient (Wildman–Crippen LogP) is -1.74. The Bertz CT molecular complexity index is 1640. The standard InChI is InChI=1S/C31H39FN10O5/c32-19-9-7-17(8-10-19)12-21(33)30(47)42-16-25(42)29(46)41-23(6-3-11-37-31(35)36)28(45)39-15-26(43)40-24(27(34)44)13-18-14-38-22-5-2-1-4-20(18)22/h1-2,4-5,7-10,14,21,23-25,38H,3,6,11-13,15-16,33H2,(H2,34,44)(H,39,45)(H,40,43)(H,41,46)(H4,35,36,37)/t21-,23-,24-,25?,42?/m0/s1. The van der Waals surface area contributed by atoms with Crippen LogP contribution in [0.5, 0.6) is 0 Å². The maximum absolute atomic E-state index is 13.2. The third-order valence-corrected chi connectivity index (χ3v) is 7.66. The van der Waals surface area contributed by atoms with Crippen molar-refractivity contribution in [2.45, 2.75) is 49.9 Å². The zero-order valence-corrected chi connectivity index (χ0v) is 25.6. The summed E-state index contributed by atoms with van der Waals surface area (Å²) >= 11 is 0. The molecule has 0 bridgehead atoms. The van der Waals surface area contributed by atoms with E-state index in [0.717, 1.165) is 16.5 Å². The first-order valence-corrected chi connectivity index (χ1v) is 15.0. The van der Waals surface area contributed by atoms with Crippen molar-refractivity contribution in [3.8, 4) is 0 Å². The van der Waals surface area contributed by atoms with Gasteiger partial charge in [0.15, 0.2) is 5.96 Å². The van der Waals surface area contributed by atoms with Gasteiger partial charge in [0.2, 0.25) is 29.5 Å². The van der Waals surface area contributed by atoms with Crippen LogP contribution < -0.4 is 38.9 Å². The molecule has 3 aromatic rings. The number of carbonyl (C=O) groups excluding carboxylic acids is 5. The van der Waals surface area contributed by atoms with Crippen LogP contribution >= 0.6 is 0 Å². The van der Waals surface area contributed by atoms with Crippen LogP contribution in [0, 0.1) is 5.82 Å². The van der Waals surface area contributed by atoms with E-state index in [1.165, 1.54) is 29.2 Å². The number of hydrogen-bond donors (Lipinski definition) is 8. The van der Waals surface area contributed by atoms with Crippen LogP contribution in [0.4, 0.5) is 4.39 Å². The number of hydrogen-bond acceptors (Lipinski definition) is 7. The molecule has 16 heteroatoms. The highest BCUT2D eigenvalue weighted by Crippen LogP contribution is 2.21. The van der Waals surface area contributed by atoms with E-state index < -0.39 is 66.1 Å². The Labute approximate surface area is 269 Å². The number of nitrogens with two attached hydrogens (primary N) is 4. The number of guanidine groups is 1. The molecule has 1 aromatic heterocycles. The zero-order valence-electron chi connectivity index (χ0n) is 25.6. The van der Waals surface area contributed by atoms with E-state index in [4.69, 9.17) is 22.9 Å². The highest BCUT2D eigenvalue weighted by molar-refractivity contribution is 5.97. The number of aliphatic imine (C=N–C) groups is 1. The van der Waals surface area contributed by atoms with Crippen LogP contribution in [0.3, 0.4) is 0 Å². The van der Waals surface area contributed by atoms with E-state index in [-0.39, 0.29) is 38.3 Å². The molecule has 0 radical (unpaired) electrons. The molecule has 1 fully saturated rings. The number of primary amides is 1. The molecule has 1 aliphatic rings. The first-order valence-electron chi connectivity index (χ1n) is 15.0. The van der Waals surface area contributed by atoms with E-state index >= 15 is 0 Å². The van der Waals surface area contributed by atoms with Crippen LogP contribution in [0.15, 0.2) is 59.7 Å². The molecular weight excluding hydrogens is 611 g/mol. The molecule has 0 saturated carbocycles. The monoisotopic (exact) mass is 650 g/mol. The summed E-state index contributed by atoms with van der Waals surface area (Å²) in [7, 11) is 0. The molecule has 0 aliphatic carbocycles. The topological polar surface area (TPSA) is 257 Å². The van der Waals surface area contributed by atoms with Crippen molar-refractivity contribution in [1.82, 2.24) is 25.8 Å². The summed E-state index contributed by atoms with van der Waals surface area (Å²) in [5.74, 6) is -3.67. The number of para-hydroxylation sites is 1. The van der Waals surface area contributed by atoms with Gasteiger partial charge in [-0.25, -0.2) is 4.39 Å². The normalized spacial score (nSPS) is 15.6. The minimum atomic E-state index is -1.09. The smallest absolute Gasteiger partial charge is 0.245 e. The number of aromatic amines is 1. The lowest BCUT2D eigenvalue weighted by Gasteiger charge is -2.19. The summed E-state index contributed by atoms with van der Waals surface area (Å²) in [6, 6.07) is 9.14. The van der Waals surface area contributed by atoms with Gasteiger partial charge < -0.3 is 48.8 Å². The van der Waals surface area contributed by atoms with E-state index in [2.05, 4.69) is 25.9 Å². The number of nitrogens with one attached hydrogen (secondary N) is 4. The Morgan fingerprint density at radius 3 is 2.40 bits per heavy atom. The van der Waals surface area contributed by atoms with E-state index in [9.17, 15) is 28.4 Å². The number of benzene rings is 2. The maximum atomic E-state index is 13.2. The van der Waals surface area contributed by atoms with Gasteiger partial charge in [-0.1, -0.05) is 30.3 Å². The van der Waals surface area contributed by atoms with Crippen molar-refractivity contribution in [2.75, 3.05) is 19.6 Å². The van der Waals surface area contributed by atoms with Crippen molar-refractivity contribution in [3.63, 3.8) is 0 Å². The number of fused-ring (bicyclic) bond motifs is 1. The fourth-order valence-electron chi connectivity index (χ4n) is 5.10. The molecule has 0 spiro atoms. The number of halogens is 1. The highest BCUT2D eigenvalue weighted by Gasteiger charge is 2.46. The third-order valence-electron chi connectivity index (χ3n) is 7.66. The molecule has 1 saturated heterocycles. The second kappa shape index (κ2) is 15.7. The lowest BCUT2D eigenvalue weighted by Crippen LogP contribution is -2.52. The highest BCUT2D eigenvalue weighted by atomic mass is 19.1. The van der Waals surface area contributed by atoms with Crippen LogP contribution in [0.1, 0.15) is 24.0 Å². The third kappa shape index (κ3) is 9.74. The Hall–Kier alpha value is -5.51. The Kier molecular flexibility index (Phi) is 11.5. The van der Waals surface area contributed by atoms with Gasteiger partial charge in [-0.3, -0.25) is 29.0 Å². The van der Waals surface area contributed by atoms with Crippen LogP contribution in [-0.4, -0.2) is 89.2 Å². The summed E-state index contributed by atoms with van der Waals surface area (Å²) in [6.07, 6.45) is 2.45. The van der Waals surface area contributed by atoms with Crippen LogP contribution in [0.25, 0.3) is 10.9 Å². The number of H-pyrrole nitrogens is 1. The number of rotatable bonds is 16. The number of carbonyl (C=O) groups is 5. The van der Waals surface area contributed by atoms with Gasteiger partial charge in [0.05, 0.1) is 19.1 Å². The number of nitrogens with zero attached hydrogens (tertiary/aromatic N) is 2. The van der Waals surface area contributed by atoms with Gasteiger partial charge in [0.25, 0.3) is 0 Å². The summed E-state index contributed by atoms with van der Waals surface area (Å²) in [6.45, 7) is -0.205. The Balaban J connectivity index is 1.31. The lowest BCUT2D eigenvalue weighted by molar-refractivity contribution is -0.133. The predicted molar refractivity (Wildman–Crippen MR) is 172 cm³/mol. The fraction of sp³-hybridized carbons (Fsp3) is 0.355. The Morgan fingerprint density at radius 1 is 0.979 bits per heavy atom. The van der Waals surface area contributed by atoms with Crippen molar-refractivity contribution in [1.29, 1.82) is 0 Å². The van der Waals surface area contributed by atoms with Gasteiger partial charge in [0, 0.05) is 30.1 Å². The average molecular weight is 651 g/mol. The molecule has 2 aromatic carbocycles. The fourth-order valence-corrected chi connectivity index (χ4v) is 5.10. The van der Waals surface area contributed by atoms with Gasteiger partial charge in [-0.2, -0.15) is 0 Å². The lowest BCUT2D eigenvalue weighted by atomic mass is 10.0. The van der Waals surface area contributed by atoms with Crippen LogP contribution in [0.2, 0.25) is 0 Å². The molecule has 4 atom stereocenters. The molecule has 1 unspecified atom stereocenters. The molecule has 12 N–H and O–H groups in total. The minimum absolute atomic E-state index is 0.109. The summed E-state index contributed by atoms with van der Waals surface area (Å²) in [5, 5.41) is 8.53. The summed E-state index contributed by atoms with van der Waals surface area (Å²) < 4.78 is 13.2. The number of aromatic nitrogens is 1. The molecule has 2 heterocycles. The van der Waals surface area contributed by atoms with Crippen molar-refractivity contribution < 1.29 is 28.4 Å². The Morgan fingerprint density at radius 2 is 1.70 bits per heavy atom. The summed E-state index contributed by atoms with van der Waals surface area (Å²) in [5.41, 5.74) is 24.6. The van der Waals surface area contributed by atoms with Gasteiger partial charge in [0.1, 0.15) is 23.9 Å². The molecule has 250 valence electrons. The van der Waals surface area contributed by atoms with Gasteiger partial charge >= 0.3 is 0 Å². The van der Waals surface area contributed by atoms with E-state index in [0.29, 0.717) is 12.0 Å². The molecule has 15 nitrogen and oxygen atoms in total. The second-order valence-electron chi connectivity index (χ2n) is 11.3. The van der Waals surface area contributed by atoms with Gasteiger partial charge in [-0.15, -0.1) is 0 Å². The summed E-state index contributed by atoms with van der Waals surface area (Å²) in [4.78, 5) is 72.1. The zero-order chi connectivity index (χ0) is 34.1. The molecular formula is C31H39FN10O5. The van der Waals surface area contributed by atoms with Crippen molar-refractivity contribution in [3.05, 3.63) is 71.7 Å². The molecule has 47 heavy (non-hydrogen) atoms. The first kappa shape index (κ1) is 34.4. The number of amides is 5. The van der Waals surface area contributed by atoms with Crippen molar-refractivity contribution >= 4 is 46.4 Å². The van der Waals surface area contributed by atoms with E-state index in [1.807, 2.05) is 24.3 Å². The second-order valence-corrected chi connectivity index (χ2v) is 11.3. The average Bonchev–Trinajstić information content (AvgIpc) is 3.75.